The summed E-state index contributed by atoms with van der Waals surface area (Å²) in [5.74, 6) is -1.07. The molecule has 1 aromatic heterocycles. The lowest BCUT2D eigenvalue weighted by Gasteiger charge is -2.03. The number of hydrogen-bond acceptors (Lipinski definition) is 4. The van der Waals surface area contributed by atoms with Gasteiger partial charge in [0.05, 0.1) is 10.4 Å². The fourth-order valence-electron chi connectivity index (χ4n) is 2.05. The van der Waals surface area contributed by atoms with Gasteiger partial charge in [0.25, 0.3) is 11.6 Å². The average Bonchev–Trinajstić information content (AvgIpc) is 2.90. The Morgan fingerprint density at radius 2 is 2.09 bits per heavy atom. The van der Waals surface area contributed by atoms with Crippen LogP contribution in [0.5, 0.6) is 0 Å². The van der Waals surface area contributed by atoms with Crippen molar-refractivity contribution in [2.24, 2.45) is 0 Å². The molecule has 8 heteroatoms. The highest BCUT2D eigenvalue weighted by Crippen LogP contribution is 2.23. The van der Waals surface area contributed by atoms with Crippen molar-refractivity contribution in [3.63, 3.8) is 0 Å². The van der Waals surface area contributed by atoms with E-state index >= 15 is 0 Å². The highest BCUT2D eigenvalue weighted by molar-refractivity contribution is 6.11. The van der Waals surface area contributed by atoms with Crippen molar-refractivity contribution >= 4 is 28.2 Å². The van der Waals surface area contributed by atoms with E-state index in [0.29, 0.717) is 10.9 Å². The molecule has 110 valence electrons. The third-order valence-corrected chi connectivity index (χ3v) is 3.05. The van der Waals surface area contributed by atoms with Crippen LogP contribution in [-0.4, -0.2) is 21.0 Å². The summed E-state index contributed by atoms with van der Waals surface area (Å²) in [5, 5.41) is 20.1. The second kappa shape index (κ2) is 5.24. The van der Waals surface area contributed by atoms with Crippen LogP contribution < -0.4 is 5.32 Å². The highest BCUT2D eigenvalue weighted by Gasteiger charge is 2.17. The van der Waals surface area contributed by atoms with Gasteiger partial charge < -0.3 is 5.32 Å². The third-order valence-electron chi connectivity index (χ3n) is 3.05. The van der Waals surface area contributed by atoms with E-state index in [1.807, 2.05) is 0 Å². The van der Waals surface area contributed by atoms with Crippen LogP contribution in [0.25, 0.3) is 10.9 Å². The van der Waals surface area contributed by atoms with E-state index in [9.17, 15) is 19.3 Å². The Balaban J connectivity index is 1.97. The summed E-state index contributed by atoms with van der Waals surface area (Å²) in [4.78, 5) is 22.4. The van der Waals surface area contributed by atoms with Crippen LogP contribution in [0.3, 0.4) is 0 Å². The molecular weight excluding hydrogens is 291 g/mol. The summed E-state index contributed by atoms with van der Waals surface area (Å²) in [6.07, 6.45) is 0. The number of amides is 1. The first-order valence-electron chi connectivity index (χ1n) is 6.24. The smallest absolute Gasteiger partial charge is 0.276 e. The van der Waals surface area contributed by atoms with Gasteiger partial charge >= 0.3 is 0 Å². The van der Waals surface area contributed by atoms with E-state index in [1.54, 1.807) is 0 Å². The molecule has 0 saturated heterocycles. The number of nitrogens with zero attached hydrogens (tertiary/aromatic N) is 2. The van der Waals surface area contributed by atoms with E-state index in [-0.39, 0.29) is 17.1 Å². The van der Waals surface area contributed by atoms with Crippen molar-refractivity contribution in [1.82, 2.24) is 10.2 Å². The Hall–Kier alpha value is -3.29. The second-order valence-corrected chi connectivity index (χ2v) is 4.52. The molecule has 7 nitrogen and oxygen atoms in total. The molecule has 0 aliphatic rings. The number of anilines is 1. The van der Waals surface area contributed by atoms with Crippen LogP contribution in [0.4, 0.5) is 15.8 Å². The molecule has 0 spiro atoms. The van der Waals surface area contributed by atoms with Gasteiger partial charge in [0, 0.05) is 23.2 Å². The third kappa shape index (κ3) is 2.49. The number of benzene rings is 2. The number of H-pyrrole nitrogens is 1. The van der Waals surface area contributed by atoms with Crippen LogP contribution in [0.1, 0.15) is 10.5 Å². The summed E-state index contributed by atoms with van der Waals surface area (Å²) in [6, 6.07) is 9.45. The monoisotopic (exact) mass is 300 g/mol. The molecular formula is C14H9FN4O3. The van der Waals surface area contributed by atoms with Gasteiger partial charge in [0.1, 0.15) is 5.82 Å². The fraction of sp³-hybridized carbons (Fsp3) is 0. The maximum absolute atomic E-state index is 13.1. The van der Waals surface area contributed by atoms with Gasteiger partial charge in [-0.3, -0.25) is 20.0 Å². The minimum Gasteiger partial charge on any atom is -0.320 e. The van der Waals surface area contributed by atoms with Crippen LogP contribution >= 0.6 is 0 Å². The Bertz CT molecular complexity index is 891. The van der Waals surface area contributed by atoms with Gasteiger partial charge in [-0.25, -0.2) is 4.39 Å². The van der Waals surface area contributed by atoms with E-state index in [1.165, 1.54) is 36.4 Å². The van der Waals surface area contributed by atoms with Crippen LogP contribution in [0.2, 0.25) is 0 Å². The number of aromatic nitrogens is 2. The highest BCUT2D eigenvalue weighted by atomic mass is 19.1. The number of halogens is 1. The number of carbonyl (C=O) groups is 1. The van der Waals surface area contributed by atoms with Crippen LogP contribution in [0.15, 0.2) is 42.5 Å². The molecule has 3 rings (SSSR count). The van der Waals surface area contributed by atoms with Crippen molar-refractivity contribution < 1.29 is 14.1 Å². The van der Waals surface area contributed by atoms with Gasteiger partial charge in [0.2, 0.25) is 0 Å². The van der Waals surface area contributed by atoms with Gasteiger partial charge in [-0.15, -0.1) is 0 Å². The zero-order chi connectivity index (χ0) is 15.7. The summed E-state index contributed by atoms with van der Waals surface area (Å²) in [7, 11) is 0. The SMILES string of the molecule is O=C(Nc1cccc(F)c1)c1n[nH]c2ccc([N+](=O)[O-])cc12. The Kier molecular flexibility index (Phi) is 3.26. The van der Waals surface area contributed by atoms with Crippen LogP contribution in [-0.2, 0) is 0 Å². The molecule has 0 aliphatic carbocycles. The van der Waals surface area contributed by atoms with E-state index in [0.717, 1.165) is 6.07 Å². The molecule has 0 aliphatic heterocycles. The molecule has 0 atom stereocenters. The number of aromatic amines is 1. The summed E-state index contributed by atoms with van der Waals surface area (Å²) in [6.45, 7) is 0. The molecule has 1 heterocycles. The predicted molar refractivity (Wildman–Crippen MR) is 77.1 cm³/mol. The molecule has 3 aromatic rings. The number of fused-ring (bicyclic) bond motifs is 1. The number of hydrogen-bond donors (Lipinski definition) is 2. The fourth-order valence-corrected chi connectivity index (χ4v) is 2.05. The van der Waals surface area contributed by atoms with Gasteiger partial charge in [0.15, 0.2) is 5.69 Å². The number of carbonyl (C=O) groups excluding carboxylic acids is 1. The molecule has 22 heavy (non-hydrogen) atoms. The number of non-ortho nitro benzene ring substituents is 1. The summed E-state index contributed by atoms with van der Waals surface area (Å²) in [5.41, 5.74) is 0.623. The standard InChI is InChI=1S/C14H9FN4O3/c15-8-2-1-3-9(6-8)16-14(20)13-11-7-10(19(21)22)4-5-12(11)17-18-13/h1-7H,(H,16,20)(H,17,18). The van der Waals surface area contributed by atoms with Crippen molar-refractivity contribution in [3.8, 4) is 0 Å². The number of nitro groups is 1. The van der Waals surface area contributed by atoms with Crippen molar-refractivity contribution in [1.29, 1.82) is 0 Å². The number of nitrogens with one attached hydrogen (secondary N) is 2. The van der Waals surface area contributed by atoms with Crippen molar-refractivity contribution in [2.75, 3.05) is 5.32 Å². The Morgan fingerprint density at radius 3 is 2.82 bits per heavy atom. The first-order valence-corrected chi connectivity index (χ1v) is 6.24. The topological polar surface area (TPSA) is 101 Å². The molecule has 0 radical (unpaired) electrons. The van der Waals surface area contributed by atoms with E-state index in [2.05, 4.69) is 15.5 Å². The van der Waals surface area contributed by atoms with Gasteiger partial charge in [-0.2, -0.15) is 5.10 Å². The minimum absolute atomic E-state index is 0.00274. The minimum atomic E-state index is -0.586. The molecule has 0 saturated carbocycles. The molecule has 0 bridgehead atoms. The average molecular weight is 300 g/mol. The quantitative estimate of drug-likeness (QED) is 0.573. The normalized spacial score (nSPS) is 10.6. The Labute approximate surface area is 122 Å². The zero-order valence-corrected chi connectivity index (χ0v) is 11.0. The number of nitro benzene ring substituents is 1. The first kappa shape index (κ1) is 13.7. The molecule has 2 aromatic carbocycles. The first-order chi connectivity index (χ1) is 10.5. The largest absolute Gasteiger partial charge is 0.320 e. The van der Waals surface area contributed by atoms with Crippen molar-refractivity contribution in [3.05, 3.63) is 64.1 Å². The summed E-state index contributed by atoms with van der Waals surface area (Å²) >= 11 is 0. The van der Waals surface area contributed by atoms with Gasteiger partial charge in [-0.1, -0.05) is 6.07 Å². The van der Waals surface area contributed by atoms with E-state index in [4.69, 9.17) is 0 Å². The van der Waals surface area contributed by atoms with E-state index < -0.39 is 16.6 Å². The summed E-state index contributed by atoms with van der Waals surface area (Å²) < 4.78 is 13.1. The van der Waals surface area contributed by atoms with Crippen LogP contribution in [0, 0.1) is 15.9 Å². The lowest BCUT2D eigenvalue weighted by molar-refractivity contribution is -0.384. The van der Waals surface area contributed by atoms with Gasteiger partial charge in [-0.05, 0) is 24.3 Å². The maximum atomic E-state index is 13.1. The predicted octanol–water partition coefficient (Wildman–Crippen LogP) is 2.86. The van der Waals surface area contributed by atoms with Crippen molar-refractivity contribution in [2.45, 2.75) is 0 Å². The molecule has 1 amide bonds. The molecule has 0 fully saturated rings. The second-order valence-electron chi connectivity index (χ2n) is 4.52. The Morgan fingerprint density at radius 1 is 1.27 bits per heavy atom. The lowest BCUT2D eigenvalue weighted by Crippen LogP contribution is -2.12. The number of rotatable bonds is 3. The maximum Gasteiger partial charge on any atom is 0.276 e. The molecule has 2 N–H and O–H groups in total. The lowest BCUT2D eigenvalue weighted by atomic mass is 10.2. The molecule has 0 unspecified atom stereocenters. The zero-order valence-electron chi connectivity index (χ0n) is 11.0.